The maximum absolute atomic E-state index is 13.2. The summed E-state index contributed by atoms with van der Waals surface area (Å²) in [5.74, 6) is -1.86. The lowest BCUT2D eigenvalue weighted by molar-refractivity contribution is -0.141. The highest BCUT2D eigenvalue weighted by molar-refractivity contribution is 5.99. The molecule has 3 N–H and O–H groups in total. The van der Waals surface area contributed by atoms with Gasteiger partial charge in [-0.1, -0.05) is 48.5 Å². The predicted molar refractivity (Wildman–Crippen MR) is 147 cm³/mol. The van der Waals surface area contributed by atoms with Crippen LogP contribution in [0.5, 0.6) is 0 Å². The molecule has 3 rings (SSSR count). The number of benzene rings is 2. The number of carboxylic acids is 1. The zero-order valence-electron chi connectivity index (χ0n) is 22.6. The number of nitrogens with zero attached hydrogens (tertiary/aromatic N) is 2. The Morgan fingerprint density at radius 2 is 1.70 bits per heavy atom. The van der Waals surface area contributed by atoms with Crippen molar-refractivity contribution in [2.75, 3.05) is 26.7 Å². The van der Waals surface area contributed by atoms with Gasteiger partial charge in [0.2, 0.25) is 0 Å². The Balaban J connectivity index is 1.51. The van der Waals surface area contributed by atoms with Crippen molar-refractivity contribution in [1.82, 2.24) is 20.4 Å². The first-order chi connectivity index (χ1) is 19.3. The van der Waals surface area contributed by atoms with Crippen LogP contribution in [0.15, 0.2) is 60.7 Å². The van der Waals surface area contributed by atoms with Gasteiger partial charge in [0.15, 0.2) is 5.78 Å². The molecule has 214 valence electrons. The Kier molecular flexibility index (Phi) is 11.5. The van der Waals surface area contributed by atoms with E-state index in [1.54, 1.807) is 30.3 Å². The van der Waals surface area contributed by atoms with Crippen LogP contribution in [0, 0.1) is 0 Å². The van der Waals surface area contributed by atoms with Crippen molar-refractivity contribution in [2.45, 2.75) is 50.8 Å². The van der Waals surface area contributed by atoms with Crippen LogP contribution in [-0.4, -0.2) is 83.5 Å². The molecule has 0 spiro atoms. The Labute approximate surface area is 233 Å². The van der Waals surface area contributed by atoms with Gasteiger partial charge in [-0.2, -0.15) is 0 Å². The number of carbonyl (C=O) groups excluding carboxylic acids is 4. The summed E-state index contributed by atoms with van der Waals surface area (Å²) in [5.41, 5.74) is 1.27. The molecule has 1 unspecified atom stereocenters. The summed E-state index contributed by atoms with van der Waals surface area (Å²) in [7, 11) is 1.44. The molecule has 2 aromatic rings. The number of aliphatic carboxylic acids is 1. The van der Waals surface area contributed by atoms with E-state index >= 15 is 0 Å². The number of carbonyl (C=O) groups is 5. The van der Waals surface area contributed by atoms with Gasteiger partial charge in [-0.05, 0) is 49.8 Å². The number of nitrogens with one attached hydrogen (secondary N) is 2. The number of likely N-dealkylation sites (N-methyl/N-ethyl adjacent to an activating group) is 1. The molecule has 0 bridgehead atoms. The smallest absolute Gasteiger partial charge is 0.407 e. The summed E-state index contributed by atoms with van der Waals surface area (Å²) >= 11 is 0. The Morgan fingerprint density at radius 1 is 1.02 bits per heavy atom. The van der Waals surface area contributed by atoms with Crippen LogP contribution in [0.3, 0.4) is 0 Å². The molecular formula is C29H36N4O7. The van der Waals surface area contributed by atoms with Gasteiger partial charge in [0.25, 0.3) is 5.91 Å². The average molecular weight is 553 g/mol. The number of carboxylic acid groups (broad SMARTS) is 1. The number of ketones is 1. The van der Waals surface area contributed by atoms with Gasteiger partial charge in [-0.3, -0.25) is 9.59 Å². The fourth-order valence-corrected chi connectivity index (χ4v) is 4.47. The molecule has 2 aromatic carbocycles. The molecule has 1 fully saturated rings. The minimum absolute atomic E-state index is 0.158. The number of amides is 4. The topological polar surface area (TPSA) is 145 Å². The van der Waals surface area contributed by atoms with E-state index in [1.165, 1.54) is 16.8 Å². The zero-order chi connectivity index (χ0) is 28.9. The first-order valence-corrected chi connectivity index (χ1v) is 13.3. The maximum Gasteiger partial charge on any atom is 0.407 e. The molecule has 11 nitrogen and oxygen atoms in total. The van der Waals surface area contributed by atoms with Gasteiger partial charge in [-0.25, -0.2) is 14.4 Å². The number of urea groups is 1. The van der Waals surface area contributed by atoms with Gasteiger partial charge in [0.1, 0.15) is 12.6 Å². The van der Waals surface area contributed by atoms with Crippen LogP contribution in [-0.2, 0) is 20.9 Å². The van der Waals surface area contributed by atoms with Crippen molar-refractivity contribution in [2.24, 2.45) is 0 Å². The largest absolute Gasteiger partial charge is 0.480 e. The van der Waals surface area contributed by atoms with Crippen molar-refractivity contribution in [3.63, 3.8) is 0 Å². The standard InChI is InChI=1S/C29H36N4O7/c1-32(29(39)33-18-10-16-24(33)27(36)37)19-25(34)23(31-26(35)22-13-6-3-7-14-22)15-8-9-17-30-28(38)40-20-21-11-4-2-5-12-21/h2-7,11-14,23-24H,8-10,15-20H2,1H3,(H,30,38)(H,31,35)(H,36,37)/t23?,24-/m0/s1. The highest BCUT2D eigenvalue weighted by Gasteiger charge is 2.36. The monoisotopic (exact) mass is 552 g/mol. The van der Waals surface area contributed by atoms with Crippen LogP contribution in [0.1, 0.15) is 48.0 Å². The van der Waals surface area contributed by atoms with Gasteiger partial charge in [0.05, 0.1) is 12.6 Å². The summed E-state index contributed by atoms with van der Waals surface area (Å²) in [4.78, 5) is 64.8. The van der Waals surface area contributed by atoms with Crippen LogP contribution < -0.4 is 10.6 Å². The summed E-state index contributed by atoms with van der Waals surface area (Å²) in [6.07, 6.45) is 1.74. The minimum atomic E-state index is -1.07. The highest BCUT2D eigenvalue weighted by atomic mass is 16.5. The molecule has 40 heavy (non-hydrogen) atoms. The Hall–Kier alpha value is -4.41. The molecule has 0 aromatic heterocycles. The van der Waals surface area contributed by atoms with E-state index in [4.69, 9.17) is 4.74 Å². The molecule has 1 saturated heterocycles. The molecule has 1 aliphatic heterocycles. The van der Waals surface area contributed by atoms with E-state index < -0.39 is 36.1 Å². The van der Waals surface area contributed by atoms with Gasteiger partial charge >= 0.3 is 18.1 Å². The van der Waals surface area contributed by atoms with Crippen molar-refractivity contribution in [3.8, 4) is 0 Å². The van der Waals surface area contributed by atoms with E-state index in [0.717, 1.165) is 5.56 Å². The molecule has 0 radical (unpaired) electrons. The minimum Gasteiger partial charge on any atom is -0.480 e. The first kappa shape index (κ1) is 30.1. The molecule has 0 saturated carbocycles. The zero-order valence-corrected chi connectivity index (χ0v) is 22.6. The fourth-order valence-electron chi connectivity index (χ4n) is 4.47. The summed E-state index contributed by atoms with van der Waals surface area (Å²) in [6, 6.07) is 15.5. The number of rotatable bonds is 13. The second kappa shape index (κ2) is 15.2. The van der Waals surface area contributed by atoms with E-state index in [2.05, 4.69) is 10.6 Å². The lowest BCUT2D eigenvalue weighted by Gasteiger charge is -2.28. The van der Waals surface area contributed by atoms with Crippen molar-refractivity contribution >= 4 is 29.8 Å². The van der Waals surface area contributed by atoms with E-state index in [0.29, 0.717) is 50.8 Å². The van der Waals surface area contributed by atoms with E-state index in [-0.39, 0.29) is 18.9 Å². The Morgan fingerprint density at radius 3 is 2.38 bits per heavy atom. The third kappa shape index (κ3) is 9.11. The lowest BCUT2D eigenvalue weighted by Crippen LogP contribution is -2.50. The SMILES string of the molecule is CN(CC(=O)C(CCCCNC(=O)OCc1ccccc1)NC(=O)c1ccccc1)C(=O)N1CCC[C@H]1C(=O)O. The maximum atomic E-state index is 13.2. The average Bonchev–Trinajstić information content (AvgIpc) is 3.46. The molecule has 1 heterocycles. The van der Waals surface area contributed by atoms with Crippen molar-refractivity contribution < 1.29 is 33.8 Å². The Bertz CT molecular complexity index is 1160. The molecule has 11 heteroatoms. The number of hydrogen-bond acceptors (Lipinski definition) is 6. The number of Topliss-reactive ketones (excluding diaryl/α,β-unsaturated/α-hetero) is 1. The molecule has 2 atom stereocenters. The third-order valence-corrected chi connectivity index (χ3v) is 6.63. The summed E-state index contributed by atoms with van der Waals surface area (Å²) < 4.78 is 5.19. The number of alkyl carbamates (subject to hydrolysis) is 1. The number of unbranched alkanes of at least 4 members (excludes halogenated alkanes) is 1. The predicted octanol–water partition coefficient (Wildman–Crippen LogP) is 3.05. The first-order valence-electron chi connectivity index (χ1n) is 13.3. The van der Waals surface area contributed by atoms with Gasteiger partial charge < -0.3 is 30.3 Å². The normalized spacial score (nSPS) is 15.1. The second-order valence-electron chi connectivity index (χ2n) is 9.67. The third-order valence-electron chi connectivity index (χ3n) is 6.63. The second-order valence-corrected chi connectivity index (χ2v) is 9.67. The molecule has 0 aliphatic carbocycles. The highest BCUT2D eigenvalue weighted by Crippen LogP contribution is 2.19. The van der Waals surface area contributed by atoms with Crippen LogP contribution in [0.2, 0.25) is 0 Å². The summed E-state index contributed by atoms with van der Waals surface area (Å²) in [6.45, 7) is 0.505. The molecular weight excluding hydrogens is 516 g/mol. The van der Waals surface area contributed by atoms with E-state index in [9.17, 15) is 29.1 Å². The quantitative estimate of drug-likeness (QED) is 0.324. The van der Waals surface area contributed by atoms with Crippen molar-refractivity contribution in [1.29, 1.82) is 0 Å². The lowest BCUT2D eigenvalue weighted by atomic mass is 10.0. The van der Waals surface area contributed by atoms with Crippen LogP contribution in [0.4, 0.5) is 9.59 Å². The van der Waals surface area contributed by atoms with Crippen molar-refractivity contribution in [3.05, 3.63) is 71.8 Å². The molecule has 4 amide bonds. The fraction of sp³-hybridized carbons (Fsp3) is 0.414. The molecule has 1 aliphatic rings. The summed E-state index contributed by atoms with van der Waals surface area (Å²) in [5, 5.41) is 14.8. The van der Waals surface area contributed by atoms with Crippen LogP contribution >= 0.6 is 0 Å². The van der Waals surface area contributed by atoms with Gasteiger partial charge in [-0.15, -0.1) is 0 Å². The number of likely N-dealkylation sites (tertiary alicyclic amines) is 1. The van der Waals surface area contributed by atoms with Gasteiger partial charge in [0, 0.05) is 25.7 Å². The number of ether oxygens (including phenoxy) is 1. The van der Waals surface area contributed by atoms with E-state index in [1.807, 2.05) is 30.3 Å². The van der Waals surface area contributed by atoms with Crippen LogP contribution in [0.25, 0.3) is 0 Å². The number of hydrogen-bond donors (Lipinski definition) is 3.